The smallest absolute Gasteiger partial charge is 0.0392 e. The Morgan fingerprint density at radius 1 is 0.857 bits per heavy atom. The van der Waals surface area contributed by atoms with Gasteiger partial charge in [0.05, 0.1) is 0 Å². The maximum absolute atomic E-state index is 4.20. The number of nitrogens with zero attached hydrogens (tertiary/aromatic N) is 2. The summed E-state index contributed by atoms with van der Waals surface area (Å²) in [6.07, 6.45) is 0. The van der Waals surface area contributed by atoms with Crippen molar-refractivity contribution in [1.82, 2.24) is 0 Å². The van der Waals surface area contributed by atoms with Gasteiger partial charge in [0.1, 0.15) is 0 Å². The van der Waals surface area contributed by atoms with Gasteiger partial charge >= 0.3 is 0 Å². The summed E-state index contributed by atoms with van der Waals surface area (Å²) in [5, 5.41) is 0. The van der Waals surface area contributed by atoms with E-state index in [1.807, 2.05) is 40.1 Å². The van der Waals surface area contributed by atoms with Crippen LogP contribution in [0.3, 0.4) is 0 Å². The van der Waals surface area contributed by atoms with E-state index in [1.54, 1.807) is 0 Å². The first kappa shape index (κ1) is 10.6. The van der Waals surface area contributed by atoms with Crippen molar-refractivity contribution in [3.63, 3.8) is 0 Å². The normalized spacial score (nSPS) is 13.1. The number of benzene rings is 1. The Kier molecular flexibility index (Phi) is 3.57. The van der Waals surface area contributed by atoms with Gasteiger partial charge in [-0.2, -0.15) is 0 Å². The van der Waals surface area contributed by atoms with Crippen LogP contribution in [0.25, 0.3) is 0 Å². The summed E-state index contributed by atoms with van der Waals surface area (Å²) in [5.41, 5.74) is 4.42. The predicted molar refractivity (Wildman–Crippen MR) is 62.7 cm³/mol. The second-order valence-corrected chi connectivity index (χ2v) is 3.16. The van der Waals surface area contributed by atoms with Gasteiger partial charge in [-0.05, 0) is 13.8 Å². The van der Waals surface area contributed by atoms with Gasteiger partial charge in [-0.1, -0.05) is 24.3 Å². The first-order valence-corrected chi connectivity index (χ1v) is 4.67. The molecule has 2 nitrogen and oxygen atoms in total. The van der Waals surface area contributed by atoms with Crippen molar-refractivity contribution in [2.45, 2.75) is 13.8 Å². The second kappa shape index (κ2) is 4.70. The molecule has 1 aromatic rings. The molecule has 2 heteroatoms. The number of aliphatic imine (C=N–C) groups is 2. The highest BCUT2D eigenvalue weighted by molar-refractivity contribution is 6.11. The minimum atomic E-state index is 1.04. The molecule has 0 aliphatic rings. The fourth-order valence-electron chi connectivity index (χ4n) is 1.36. The van der Waals surface area contributed by atoms with Gasteiger partial charge in [0.25, 0.3) is 0 Å². The van der Waals surface area contributed by atoms with Crippen molar-refractivity contribution < 1.29 is 0 Å². The van der Waals surface area contributed by atoms with Gasteiger partial charge in [0.2, 0.25) is 0 Å². The zero-order valence-corrected chi connectivity index (χ0v) is 9.20. The standard InChI is InChI=1S/C12H16N2/c1-9(13-3)11-7-5-6-8-12(11)10(2)14-4/h5-8H,1-4H3/b13-9-,14-10-. The third kappa shape index (κ3) is 2.08. The molecule has 0 aliphatic carbocycles. The van der Waals surface area contributed by atoms with Gasteiger partial charge in [-0.3, -0.25) is 9.98 Å². The third-order valence-electron chi connectivity index (χ3n) is 2.38. The maximum atomic E-state index is 4.20. The highest BCUT2D eigenvalue weighted by Crippen LogP contribution is 2.11. The Labute approximate surface area is 85.4 Å². The van der Waals surface area contributed by atoms with Gasteiger partial charge < -0.3 is 0 Å². The first-order chi connectivity index (χ1) is 6.70. The van der Waals surface area contributed by atoms with E-state index in [-0.39, 0.29) is 0 Å². The van der Waals surface area contributed by atoms with E-state index in [4.69, 9.17) is 0 Å². The molecule has 0 heterocycles. The number of rotatable bonds is 2. The van der Waals surface area contributed by atoms with Crippen LogP contribution in [0.4, 0.5) is 0 Å². The molecular weight excluding hydrogens is 172 g/mol. The van der Waals surface area contributed by atoms with Gasteiger partial charge in [-0.25, -0.2) is 0 Å². The highest BCUT2D eigenvalue weighted by atomic mass is 14.7. The lowest BCUT2D eigenvalue weighted by Crippen LogP contribution is -2.05. The molecule has 0 aliphatic heterocycles. The summed E-state index contributed by atoms with van der Waals surface area (Å²) in [6, 6.07) is 8.20. The number of hydrogen-bond donors (Lipinski definition) is 0. The zero-order chi connectivity index (χ0) is 10.6. The molecule has 0 saturated carbocycles. The van der Waals surface area contributed by atoms with Crippen LogP contribution in [0, 0.1) is 0 Å². The molecule has 14 heavy (non-hydrogen) atoms. The quantitative estimate of drug-likeness (QED) is 0.637. The minimum absolute atomic E-state index is 1.04. The largest absolute Gasteiger partial charge is 0.293 e. The molecule has 1 aromatic carbocycles. The lowest BCUT2D eigenvalue weighted by Gasteiger charge is -2.07. The highest BCUT2D eigenvalue weighted by Gasteiger charge is 2.05. The molecule has 0 atom stereocenters. The summed E-state index contributed by atoms with van der Waals surface area (Å²) >= 11 is 0. The topological polar surface area (TPSA) is 24.7 Å². The summed E-state index contributed by atoms with van der Waals surface area (Å²) in [4.78, 5) is 8.40. The molecule has 0 amide bonds. The molecule has 0 radical (unpaired) electrons. The monoisotopic (exact) mass is 188 g/mol. The van der Waals surface area contributed by atoms with Crippen LogP contribution >= 0.6 is 0 Å². The summed E-state index contributed by atoms with van der Waals surface area (Å²) < 4.78 is 0. The van der Waals surface area contributed by atoms with Crippen LogP contribution in [-0.4, -0.2) is 25.5 Å². The Morgan fingerprint density at radius 2 is 1.21 bits per heavy atom. The van der Waals surface area contributed by atoms with Crippen molar-refractivity contribution in [3.8, 4) is 0 Å². The van der Waals surface area contributed by atoms with Crippen LogP contribution in [-0.2, 0) is 0 Å². The Balaban J connectivity index is 3.30. The van der Waals surface area contributed by atoms with Gasteiger partial charge in [0.15, 0.2) is 0 Å². The van der Waals surface area contributed by atoms with Gasteiger partial charge in [-0.15, -0.1) is 0 Å². The van der Waals surface area contributed by atoms with Crippen LogP contribution in [0.2, 0.25) is 0 Å². The lowest BCUT2D eigenvalue weighted by molar-refractivity contribution is 1.38. The van der Waals surface area contributed by atoms with E-state index >= 15 is 0 Å². The number of hydrogen-bond acceptors (Lipinski definition) is 2. The van der Waals surface area contributed by atoms with Crippen molar-refractivity contribution in [1.29, 1.82) is 0 Å². The molecular formula is C12H16N2. The van der Waals surface area contributed by atoms with Crippen molar-refractivity contribution in [2.24, 2.45) is 9.98 Å². The van der Waals surface area contributed by atoms with Crippen molar-refractivity contribution in [2.75, 3.05) is 14.1 Å². The van der Waals surface area contributed by atoms with E-state index in [0.717, 1.165) is 22.6 Å². The fourth-order valence-corrected chi connectivity index (χ4v) is 1.36. The van der Waals surface area contributed by atoms with Crippen molar-refractivity contribution >= 4 is 11.4 Å². The Hall–Kier alpha value is -1.44. The SMILES string of the molecule is C/N=C(/C)c1ccccc1/C(C)=N\C. The molecule has 0 spiro atoms. The zero-order valence-electron chi connectivity index (χ0n) is 9.20. The molecule has 0 fully saturated rings. The van der Waals surface area contributed by atoms with E-state index in [9.17, 15) is 0 Å². The first-order valence-electron chi connectivity index (χ1n) is 4.67. The molecule has 0 saturated heterocycles. The Bertz CT molecular complexity index is 339. The van der Waals surface area contributed by atoms with Crippen LogP contribution in [0.15, 0.2) is 34.3 Å². The average molecular weight is 188 g/mol. The predicted octanol–water partition coefficient (Wildman–Crippen LogP) is 2.56. The third-order valence-corrected chi connectivity index (χ3v) is 2.38. The fraction of sp³-hybridized carbons (Fsp3) is 0.333. The second-order valence-electron chi connectivity index (χ2n) is 3.16. The minimum Gasteiger partial charge on any atom is -0.293 e. The van der Waals surface area contributed by atoms with Crippen LogP contribution < -0.4 is 0 Å². The molecule has 0 bridgehead atoms. The summed E-state index contributed by atoms with van der Waals surface area (Å²) in [6.45, 7) is 4.03. The molecule has 0 unspecified atom stereocenters. The van der Waals surface area contributed by atoms with Gasteiger partial charge in [0, 0.05) is 36.6 Å². The van der Waals surface area contributed by atoms with Crippen LogP contribution in [0.1, 0.15) is 25.0 Å². The maximum Gasteiger partial charge on any atom is 0.0392 e. The van der Waals surface area contributed by atoms with E-state index in [0.29, 0.717) is 0 Å². The molecule has 0 aromatic heterocycles. The summed E-state index contributed by atoms with van der Waals surface area (Å²) in [7, 11) is 3.62. The van der Waals surface area contributed by atoms with Crippen LogP contribution in [0.5, 0.6) is 0 Å². The molecule has 74 valence electrons. The molecule has 1 rings (SSSR count). The lowest BCUT2D eigenvalue weighted by atomic mass is 10.0. The van der Waals surface area contributed by atoms with E-state index in [2.05, 4.69) is 22.1 Å². The van der Waals surface area contributed by atoms with E-state index < -0.39 is 0 Å². The average Bonchev–Trinajstić information content (AvgIpc) is 2.27. The van der Waals surface area contributed by atoms with E-state index in [1.165, 1.54) is 0 Å². The van der Waals surface area contributed by atoms with Crippen molar-refractivity contribution in [3.05, 3.63) is 35.4 Å². The molecule has 0 N–H and O–H groups in total. The Morgan fingerprint density at radius 3 is 1.50 bits per heavy atom. The summed E-state index contributed by atoms with van der Waals surface area (Å²) in [5.74, 6) is 0.